The lowest BCUT2D eigenvalue weighted by Gasteiger charge is -2.02. The first-order valence-corrected chi connectivity index (χ1v) is 5.60. The molecule has 0 bridgehead atoms. The standard InChI is InChI=1S/C13H9FN4O/c14-11-6-5-8(7-15-11)16-13(19)12-9-3-1-2-4-10(9)17-18-12/h1-7H,(H,16,19)(H,17,18). The zero-order chi connectivity index (χ0) is 13.2. The molecule has 2 N–H and O–H groups in total. The summed E-state index contributed by atoms with van der Waals surface area (Å²) in [6, 6.07) is 9.93. The predicted molar refractivity (Wildman–Crippen MR) is 68.2 cm³/mol. The van der Waals surface area contributed by atoms with Gasteiger partial charge in [0, 0.05) is 5.39 Å². The Morgan fingerprint density at radius 2 is 2.05 bits per heavy atom. The Labute approximate surface area is 107 Å². The van der Waals surface area contributed by atoms with E-state index in [1.807, 2.05) is 18.2 Å². The number of amides is 1. The van der Waals surface area contributed by atoms with Gasteiger partial charge in [0.1, 0.15) is 0 Å². The Balaban J connectivity index is 1.90. The van der Waals surface area contributed by atoms with Crippen LogP contribution in [0.1, 0.15) is 10.5 Å². The summed E-state index contributed by atoms with van der Waals surface area (Å²) in [5.74, 6) is -0.964. The number of H-pyrrole nitrogens is 1. The normalized spacial score (nSPS) is 10.6. The second kappa shape index (κ2) is 4.49. The molecule has 0 atom stereocenters. The molecule has 6 heteroatoms. The van der Waals surface area contributed by atoms with Gasteiger partial charge in [-0.15, -0.1) is 0 Å². The number of aromatic nitrogens is 3. The van der Waals surface area contributed by atoms with E-state index in [0.717, 1.165) is 10.9 Å². The minimum absolute atomic E-state index is 0.292. The predicted octanol–water partition coefficient (Wildman–Crippen LogP) is 2.35. The highest BCUT2D eigenvalue weighted by molar-refractivity contribution is 6.10. The van der Waals surface area contributed by atoms with Crippen molar-refractivity contribution in [1.82, 2.24) is 15.2 Å². The quantitative estimate of drug-likeness (QED) is 0.691. The molecule has 19 heavy (non-hydrogen) atoms. The van der Waals surface area contributed by atoms with Gasteiger partial charge >= 0.3 is 0 Å². The number of aromatic amines is 1. The van der Waals surface area contributed by atoms with Crippen molar-refractivity contribution in [2.24, 2.45) is 0 Å². The first kappa shape index (κ1) is 11.3. The number of nitrogens with one attached hydrogen (secondary N) is 2. The SMILES string of the molecule is O=C(Nc1ccc(F)nc1)c1n[nH]c2ccccc12. The van der Waals surface area contributed by atoms with Gasteiger partial charge in [-0.3, -0.25) is 9.89 Å². The lowest BCUT2D eigenvalue weighted by molar-refractivity contribution is 0.102. The summed E-state index contributed by atoms with van der Waals surface area (Å²) >= 11 is 0. The van der Waals surface area contributed by atoms with E-state index in [1.54, 1.807) is 6.07 Å². The molecule has 0 saturated heterocycles. The van der Waals surface area contributed by atoms with Gasteiger partial charge in [-0.05, 0) is 18.2 Å². The second-order valence-corrected chi connectivity index (χ2v) is 3.94. The number of benzene rings is 1. The maximum atomic E-state index is 12.7. The molecular formula is C13H9FN4O. The zero-order valence-corrected chi connectivity index (χ0v) is 9.72. The molecule has 2 heterocycles. The molecule has 5 nitrogen and oxygen atoms in total. The van der Waals surface area contributed by atoms with Crippen LogP contribution in [0.3, 0.4) is 0 Å². The van der Waals surface area contributed by atoms with Gasteiger partial charge in [0.2, 0.25) is 5.95 Å². The highest BCUT2D eigenvalue weighted by Crippen LogP contribution is 2.16. The fourth-order valence-electron chi connectivity index (χ4n) is 1.78. The fraction of sp³-hybridized carbons (Fsp3) is 0. The van der Waals surface area contributed by atoms with E-state index in [0.29, 0.717) is 11.4 Å². The summed E-state index contributed by atoms with van der Waals surface area (Å²) in [5.41, 5.74) is 1.49. The van der Waals surface area contributed by atoms with Crippen molar-refractivity contribution >= 4 is 22.5 Å². The number of halogens is 1. The van der Waals surface area contributed by atoms with Crippen LogP contribution >= 0.6 is 0 Å². The number of pyridine rings is 1. The average Bonchev–Trinajstić information content (AvgIpc) is 2.85. The number of nitrogens with zero attached hydrogens (tertiary/aromatic N) is 2. The molecule has 94 valence electrons. The van der Waals surface area contributed by atoms with E-state index in [1.165, 1.54) is 18.3 Å². The second-order valence-electron chi connectivity index (χ2n) is 3.94. The lowest BCUT2D eigenvalue weighted by Crippen LogP contribution is -2.13. The maximum absolute atomic E-state index is 12.7. The van der Waals surface area contributed by atoms with Gasteiger partial charge in [-0.25, -0.2) is 4.98 Å². The third-order valence-corrected chi connectivity index (χ3v) is 2.67. The van der Waals surface area contributed by atoms with Crippen molar-refractivity contribution < 1.29 is 9.18 Å². The Morgan fingerprint density at radius 1 is 1.21 bits per heavy atom. The topological polar surface area (TPSA) is 70.7 Å². The van der Waals surface area contributed by atoms with Crippen LogP contribution < -0.4 is 5.32 Å². The number of anilines is 1. The Hall–Kier alpha value is -2.76. The molecular weight excluding hydrogens is 247 g/mol. The van der Waals surface area contributed by atoms with Crippen LogP contribution in [0.15, 0.2) is 42.6 Å². The monoisotopic (exact) mass is 256 g/mol. The third kappa shape index (κ3) is 2.15. The highest BCUT2D eigenvalue weighted by atomic mass is 19.1. The molecule has 0 aliphatic carbocycles. The number of rotatable bonds is 2. The third-order valence-electron chi connectivity index (χ3n) is 2.67. The number of para-hydroxylation sites is 1. The highest BCUT2D eigenvalue weighted by Gasteiger charge is 2.13. The number of hydrogen-bond acceptors (Lipinski definition) is 3. The van der Waals surface area contributed by atoms with Gasteiger partial charge in [-0.1, -0.05) is 18.2 Å². The summed E-state index contributed by atoms with van der Waals surface area (Å²) in [7, 11) is 0. The van der Waals surface area contributed by atoms with Gasteiger partial charge in [-0.2, -0.15) is 9.49 Å². The molecule has 0 fully saturated rings. The number of carbonyl (C=O) groups excluding carboxylic acids is 1. The van der Waals surface area contributed by atoms with E-state index >= 15 is 0 Å². The molecule has 0 spiro atoms. The van der Waals surface area contributed by atoms with Gasteiger partial charge < -0.3 is 5.32 Å². The molecule has 0 unspecified atom stereocenters. The molecule has 1 aromatic carbocycles. The van der Waals surface area contributed by atoms with Gasteiger partial charge in [0.25, 0.3) is 5.91 Å². The van der Waals surface area contributed by atoms with E-state index in [4.69, 9.17) is 0 Å². The number of hydrogen-bond donors (Lipinski definition) is 2. The minimum Gasteiger partial charge on any atom is -0.319 e. The number of fused-ring (bicyclic) bond motifs is 1. The van der Waals surface area contributed by atoms with E-state index in [-0.39, 0.29) is 5.91 Å². The molecule has 1 amide bonds. The molecule has 0 aliphatic heterocycles. The number of carbonyl (C=O) groups is 1. The first-order valence-electron chi connectivity index (χ1n) is 5.60. The summed E-state index contributed by atoms with van der Waals surface area (Å²) in [6.07, 6.45) is 1.25. The minimum atomic E-state index is -0.594. The summed E-state index contributed by atoms with van der Waals surface area (Å²) < 4.78 is 12.7. The van der Waals surface area contributed by atoms with Crippen molar-refractivity contribution in [3.05, 3.63) is 54.2 Å². The van der Waals surface area contributed by atoms with Crippen molar-refractivity contribution in [1.29, 1.82) is 0 Å². The van der Waals surface area contributed by atoms with Gasteiger partial charge in [0.05, 0.1) is 17.4 Å². The van der Waals surface area contributed by atoms with Crippen LogP contribution in [0, 0.1) is 5.95 Å². The van der Waals surface area contributed by atoms with Crippen LogP contribution in [-0.2, 0) is 0 Å². The largest absolute Gasteiger partial charge is 0.319 e. The van der Waals surface area contributed by atoms with Crippen LogP contribution in [0.25, 0.3) is 10.9 Å². The molecule has 3 aromatic rings. The molecule has 0 radical (unpaired) electrons. The zero-order valence-electron chi connectivity index (χ0n) is 9.72. The van der Waals surface area contributed by atoms with Gasteiger partial charge in [0.15, 0.2) is 5.69 Å². The molecule has 2 aromatic heterocycles. The molecule has 3 rings (SSSR count). The summed E-state index contributed by atoms with van der Waals surface area (Å²) in [6.45, 7) is 0. The lowest BCUT2D eigenvalue weighted by atomic mass is 10.2. The van der Waals surface area contributed by atoms with E-state index in [2.05, 4.69) is 20.5 Å². The summed E-state index contributed by atoms with van der Waals surface area (Å²) in [4.78, 5) is 15.5. The molecule has 0 aliphatic rings. The first-order chi connectivity index (χ1) is 9.24. The molecule has 0 saturated carbocycles. The van der Waals surface area contributed by atoms with E-state index < -0.39 is 5.95 Å². The van der Waals surface area contributed by atoms with Crippen molar-refractivity contribution in [3.63, 3.8) is 0 Å². The van der Waals surface area contributed by atoms with Crippen molar-refractivity contribution in [3.8, 4) is 0 Å². The Bertz CT molecular complexity index is 736. The van der Waals surface area contributed by atoms with Crippen molar-refractivity contribution in [2.45, 2.75) is 0 Å². The van der Waals surface area contributed by atoms with Crippen LogP contribution in [0.4, 0.5) is 10.1 Å². The average molecular weight is 256 g/mol. The Kier molecular flexibility index (Phi) is 2.68. The van der Waals surface area contributed by atoms with Crippen molar-refractivity contribution in [2.75, 3.05) is 5.32 Å². The van der Waals surface area contributed by atoms with Crippen LogP contribution in [0.2, 0.25) is 0 Å². The smallest absolute Gasteiger partial charge is 0.276 e. The van der Waals surface area contributed by atoms with Crippen LogP contribution in [0.5, 0.6) is 0 Å². The fourth-order valence-corrected chi connectivity index (χ4v) is 1.78. The Morgan fingerprint density at radius 3 is 2.84 bits per heavy atom. The summed E-state index contributed by atoms with van der Waals surface area (Å²) in [5, 5.41) is 10.1. The van der Waals surface area contributed by atoms with E-state index in [9.17, 15) is 9.18 Å². The van der Waals surface area contributed by atoms with Crippen LogP contribution in [-0.4, -0.2) is 21.1 Å². The maximum Gasteiger partial charge on any atom is 0.276 e.